The van der Waals surface area contributed by atoms with Crippen molar-refractivity contribution >= 4 is 0 Å². The third-order valence-electron chi connectivity index (χ3n) is 4.52. The minimum absolute atomic E-state index is 0.0347. The van der Waals surface area contributed by atoms with E-state index in [1.807, 2.05) is 0 Å². The molecule has 1 aliphatic heterocycles. The number of rotatable bonds is 5. The first kappa shape index (κ1) is 15.5. The zero-order valence-corrected chi connectivity index (χ0v) is 13.2. The quantitative estimate of drug-likeness (QED) is 0.898. The van der Waals surface area contributed by atoms with Gasteiger partial charge in [0, 0.05) is 25.1 Å². The SMILES string of the molecule is COCC(C)(C)c1ccccc1C1CC(CN)CN1C. The van der Waals surface area contributed by atoms with Crippen molar-refractivity contribution < 1.29 is 4.74 Å². The summed E-state index contributed by atoms with van der Waals surface area (Å²) in [4.78, 5) is 2.44. The lowest BCUT2D eigenvalue weighted by molar-refractivity contribution is 0.145. The number of hydrogen-bond acceptors (Lipinski definition) is 3. The number of nitrogens with zero attached hydrogens (tertiary/aromatic N) is 1. The van der Waals surface area contributed by atoms with E-state index in [9.17, 15) is 0 Å². The molecule has 1 fully saturated rings. The molecule has 0 aliphatic carbocycles. The molecule has 3 heteroatoms. The van der Waals surface area contributed by atoms with Crippen LogP contribution in [0, 0.1) is 5.92 Å². The Hall–Kier alpha value is -0.900. The molecule has 0 bridgehead atoms. The number of benzene rings is 1. The van der Waals surface area contributed by atoms with Crippen LogP contribution in [-0.4, -0.2) is 38.8 Å². The first-order valence-electron chi connectivity index (χ1n) is 7.48. The van der Waals surface area contributed by atoms with E-state index >= 15 is 0 Å². The van der Waals surface area contributed by atoms with Crippen LogP contribution in [0.2, 0.25) is 0 Å². The van der Waals surface area contributed by atoms with E-state index in [0.717, 1.165) is 26.1 Å². The Labute approximate surface area is 123 Å². The Morgan fingerprint density at radius 1 is 1.35 bits per heavy atom. The van der Waals surface area contributed by atoms with E-state index in [0.29, 0.717) is 12.0 Å². The Kier molecular flexibility index (Phi) is 4.84. The standard InChI is InChI=1S/C17H28N2O/c1-17(2,12-20-4)15-8-6-5-7-14(15)16-9-13(10-18)11-19(16)3/h5-8,13,16H,9-12,18H2,1-4H3. The molecule has 1 saturated heterocycles. The van der Waals surface area contributed by atoms with Gasteiger partial charge in [0.05, 0.1) is 6.61 Å². The summed E-state index contributed by atoms with van der Waals surface area (Å²) in [6.07, 6.45) is 1.16. The van der Waals surface area contributed by atoms with Crippen LogP contribution in [0.4, 0.5) is 0 Å². The van der Waals surface area contributed by atoms with Gasteiger partial charge in [-0.3, -0.25) is 4.90 Å². The number of methoxy groups -OCH3 is 1. The van der Waals surface area contributed by atoms with Gasteiger partial charge in [-0.2, -0.15) is 0 Å². The van der Waals surface area contributed by atoms with Crippen molar-refractivity contribution in [2.45, 2.75) is 31.7 Å². The van der Waals surface area contributed by atoms with Gasteiger partial charge in [-0.05, 0) is 37.1 Å². The van der Waals surface area contributed by atoms with Crippen LogP contribution >= 0.6 is 0 Å². The summed E-state index contributed by atoms with van der Waals surface area (Å²) < 4.78 is 5.41. The number of nitrogens with two attached hydrogens (primary N) is 1. The smallest absolute Gasteiger partial charge is 0.0553 e. The molecule has 1 aromatic carbocycles. The van der Waals surface area contributed by atoms with Crippen molar-refractivity contribution in [2.24, 2.45) is 11.7 Å². The van der Waals surface area contributed by atoms with E-state index in [1.54, 1.807) is 7.11 Å². The highest BCUT2D eigenvalue weighted by Gasteiger charge is 2.33. The molecular formula is C17H28N2O. The third kappa shape index (κ3) is 3.05. The van der Waals surface area contributed by atoms with E-state index in [-0.39, 0.29) is 5.41 Å². The Bertz CT molecular complexity index is 444. The highest BCUT2D eigenvalue weighted by molar-refractivity contribution is 5.36. The van der Waals surface area contributed by atoms with Crippen LogP contribution in [0.15, 0.2) is 24.3 Å². The first-order valence-corrected chi connectivity index (χ1v) is 7.48. The lowest BCUT2D eigenvalue weighted by atomic mass is 9.80. The maximum Gasteiger partial charge on any atom is 0.0553 e. The third-order valence-corrected chi connectivity index (χ3v) is 4.52. The molecule has 3 nitrogen and oxygen atoms in total. The Balaban J connectivity index is 2.33. The molecule has 2 atom stereocenters. The van der Waals surface area contributed by atoms with Crippen molar-refractivity contribution in [3.63, 3.8) is 0 Å². The second-order valence-corrected chi connectivity index (χ2v) is 6.70. The van der Waals surface area contributed by atoms with Crippen molar-refractivity contribution in [1.29, 1.82) is 0 Å². The Morgan fingerprint density at radius 2 is 2.05 bits per heavy atom. The molecule has 0 spiro atoms. The molecule has 1 aromatic rings. The van der Waals surface area contributed by atoms with Gasteiger partial charge in [0.15, 0.2) is 0 Å². The van der Waals surface area contributed by atoms with Gasteiger partial charge >= 0.3 is 0 Å². The van der Waals surface area contributed by atoms with Gasteiger partial charge in [-0.1, -0.05) is 38.1 Å². The molecule has 2 rings (SSSR count). The number of hydrogen-bond donors (Lipinski definition) is 1. The molecule has 0 aromatic heterocycles. The predicted octanol–water partition coefficient (Wildman–Crippen LogP) is 2.56. The summed E-state index contributed by atoms with van der Waals surface area (Å²) in [6, 6.07) is 9.28. The second kappa shape index (κ2) is 6.25. The molecule has 112 valence electrons. The fourth-order valence-electron chi connectivity index (χ4n) is 3.48. The van der Waals surface area contributed by atoms with Gasteiger partial charge in [0.2, 0.25) is 0 Å². The summed E-state index contributed by atoms with van der Waals surface area (Å²) in [5, 5.41) is 0. The van der Waals surface area contributed by atoms with E-state index in [4.69, 9.17) is 10.5 Å². The van der Waals surface area contributed by atoms with Crippen molar-refractivity contribution in [2.75, 3.05) is 33.9 Å². The molecule has 20 heavy (non-hydrogen) atoms. The minimum Gasteiger partial charge on any atom is -0.384 e. The highest BCUT2D eigenvalue weighted by atomic mass is 16.5. The van der Waals surface area contributed by atoms with Crippen LogP contribution in [0.1, 0.15) is 37.4 Å². The van der Waals surface area contributed by atoms with Crippen molar-refractivity contribution in [3.8, 4) is 0 Å². The molecule has 0 amide bonds. The molecule has 2 N–H and O–H groups in total. The van der Waals surface area contributed by atoms with Crippen molar-refractivity contribution in [3.05, 3.63) is 35.4 Å². The summed E-state index contributed by atoms with van der Waals surface area (Å²) in [7, 11) is 3.98. The average molecular weight is 276 g/mol. The maximum absolute atomic E-state index is 5.86. The van der Waals surface area contributed by atoms with E-state index in [2.05, 4.69) is 50.1 Å². The van der Waals surface area contributed by atoms with E-state index in [1.165, 1.54) is 11.1 Å². The molecule has 1 heterocycles. The average Bonchev–Trinajstić information content (AvgIpc) is 2.80. The summed E-state index contributed by atoms with van der Waals surface area (Å²) in [5.41, 5.74) is 8.73. The number of likely N-dealkylation sites (tertiary alicyclic amines) is 1. The monoisotopic (exact) mass is 276 g/mol. The lowest BCUT2D eigenvalue weighted by Crippen LogP contribution is -2.28. The van der Waals surface area contributed by atoms with Crippen LogP contribution in [-0.2, 0) is 10.2 Å². The fourth-order valence-corrected chi connectivity index (χ4v) is 3.48. The lowest BCUT2D eigenvalue weighted by Gasteiger charge is -2.31. The summed E-state index contributed by atoms with van der Waals surface area (Å²) in [5.74, 6) is 0.614. The van der Waals surface area contributed by atoms with Crippen LogP contribution < -0.4 is 5.73 Å². The fraction of sp³-hybridized carbons (Fsp3) is 0.647. The molecule has 0 saturated carbocycles. The van der Waals surface area contributed by atoms with Gasteiger partial charge in [0.25, 0.3) is 0 Å². The normalized spacial score (nSPS) is 24.2. The largest absolute Gasteiger partial charge is 0.384 e. The van der Waals surface area contributed by atoms with Gasteiger partial charge in [-0.25, -0.2) is 0 Å². The van der Waals surface area contributed by atoms with Crippen LogP contribution in [0.5, 0.6) is 0 Å². The zero-order valence-electron chi connectivity index (χ0n) is 13.2. The second-order valence-electron chi connectivity index (χ2n) is 6.70. The van der Waals surface area contributed by atoms with Crippen molar-refractivity contribution in [1.82, 2.24) is 4.90 Å². The zero-order chi connectivity index (χ0) is 14.8. The Morgan fingerprint density at radius 3 is 2.65 bits per heavy atom. The van der Waals surface area contributed by atoms with Gasteiger partial charge < -0.3 is 10.5 Å². The minimum atomic E-state index is 0.0347. The highest BCUT2D eigenvalue weighted by Crippen LogP contribution is 2.39. The first-order chi connectivity index (χ1) is 9.49. The molecule has 2 unspecified atom stereocenters. The van der Waals surface area contributed by atoms with Crippen LogP contribution in [0.25, 0.3) is 0 Å². The van der Waals surface area contributed by atoms with Gasteiger partial charge in [0.1, 0.15) is 0 Å². The topological polar surface area (TPSA) is 38.5 Å². The summed E-state index contributed by atoms with van der Waals surface area (Å²) in [6.45, 7) is 7.13. The number of ether oxygens (including phenoxy) is 1. The molecular weight excluding hydrogens is 248 g/mol. The van der Waals surface area contributed by atoms with Crippen LogP contribution in [0.3, 0.4) is 0 Å². The predicted molar refractivity (Wildman–Crippen MR) is 83.9 cm³/mol. The molecule has 1 aliphatic rings. The van der Waals surface area contributed by atoms with E-state index < -0.39 is 0 Å². The maximum atomic E-state index is 5.86. The van der Waals surface area contributed by atoms with Gasteiger partial charge in [-0.15, -0.1) is 0 Å². The summed E-state index contributed by atoms with van der Waals surface area (Å²) >= 11 is 0. The molecule has 0 radical (unpaired) electrons.